The second-order valence-electron chi connectivity index (χ2n) is 4.63. The maximum absolute atomic E-state index is 5.70. The summed E-state index contributed by atoms with van der Waals surface area (Å²) in [5.74, 6) is 1.04. The molecule has 0 amide bonds. The third-order valence-corrected chi connectivity index (χ3v) is 3.30. The normalized spacial score (nSPS) is 21.9. The molecule has 2 heterocycles. The maximum Gasteiger partial charge on any atom is 0.138 e. The first-order valence-corrected chi connectivity index (χ1v) is 6.47. The monoisotopic (exact) mass is 238 g/mol. The highest BCUT2D eigenvalue weighted by molar-refractivity contribution is 4.90. The SMILES string of the molecule is CCNC(Cc1ncnn1C)CC1CCCO1. The first-order chi connectivity index (χ1) is 8.29. The van der Waals surface area contributed by atoms with Gasteiger partial charge in [0.2, 0.25) is 0 Å². The van der Waals surface area contributed by atoms with Gasteiger partial charge in [-0.15, -0.1) is 0 Å². The predicted molar refractivity (Wildman–Crippen MR) is 65.8 cm³/mol. The lowest BCUT2D eigenvalue weighted by Gasteiger charge is -2.20. The highest BCUT2D eigenvalue weighted by Gasteiger charge is 2.21. The van der Waals surface area contributed by atoms with Gasteiger partial charge < -0.3 is 10.1 Å². The molecule has 0 bridgehead atoms. The molecule has 96 valence electrons. The smallest absolute Gasteiger partial charge is 0.138 e. The molecule has 1 N–H and O–H groups in total. The van der Waals surface area contributed by atoms with Gasteiger partial charge in [0, 0.05) is 26.1 Å². The highest BCUT2D eigenvalue weighted by Crippen LogP contribution is 2.18. The molecule has 2 atom stereocenters. The number of nitrogens with one attached hydrogen (secondary N) is 1. The molecule has 0 radical (unpaired) electrons. The number of hydrogen-bond acceptors (Lipinski definition) is 4. The van der Waals surface area contributed by atoms with Gasteiger partial charge >= 0.3 is 0 Å². The molecule has 1 aliphatic rings. The Hall–Kier alpha value is -0.940. The zero-order chi connectivity index (χ0) is 12.1. The van der Waals surface area contributed by atoms with E-state index in [1.807, 2.05) is 11.7 Å². The molecule has 0 spiro atoms. The van der Waals surface area contributed by atoms with Crippen molar-refractivity contribution in [3.63, 3.8) is 0 Å². The van der Waals surface area contributed by atoms with Crippen LogP contribution in [0.2, 0.25) is 0 Å². The zero-order valence-electron chi connectivity index (χ0n) is 10.7. The van der Waals surface area contributed by atoms with Gasteiger partial charge in [0.25, 0.3) is 0 Å². The van der Waals surface area contributed by atoms with Crippen LogP contribution < -0.4 is 5.32 Å². The van der Waals surface area contributed by atoms with Crippen molar-refractivity contribution in [2.75, 3.05) is 13.2 Å². The lowest BCUT2D eigenvalue weighted by molar-refractivity contribution is 0.0944. The fourth-order valence-electron chi connectivity index (χ4n) is 2.40. The van der Waals surface area contributed by atoms with Crippen molar-refractivity contribution in [3.05, 3.63) is 12.2 Å². The number of aromatic nitrogens is 3. The van der Waals surface area contributed by atoms with Crippen LogP contribution in [-0.4, -0.2) is 40.1 Å². The second kappa shape index (κ2) is 6.12. The van der Waals surface area contributed by atoms with Crippen LogP contribution in [0.15, 0.2) is 6.33 Å². The van der Waals surface area contributed by atoms with E-state index in [1.165, 1.54) is 12.8 Å². The summed E-state index contributed by atoms with van der Waals surface area (Å²) in [5.41, 5.74) is 0. The molecule has 0 saturated carbocycles. The summed E-state index contributed by atoms with van der Waals surface area (Å²) >= 11 is 0. The van der Waals surface area contributed by atoms with Crippen LogP contribution in [0.3, 0.4) is 0 Å². The number of aryl methyl sites for hydroxylation is 1. The number of rotatable bonds is 6. The van der Waals surface area contributed by atoms with Crippen LogP contribution in [0.1, 0.15) is 32.0 Å². The Balaban J connectivity index is 1.89. The Bertz CT molecular complexity index is 333. The first-order valence-electron chi connectivity index (χ1n) is 6.47. The molecule has 1 saturated heterocycles. The van der Waals surface area contributed by atoms with Gasteiger partial charge in [-0.05, 0) is 25.8 Å². The van der Waals surface area contributed by atoms with Crippen molar-refractivity contribution in [1.29, 1.82) is 0 Å². The summed E-state index contributed by atoms with van der Waals surface area (Å²) in [5, 5.41) is 7.62. The molecule has 1 aromatic rings. The van der Waals surface area contributed by atoms with Gasteiger partial charge in [-0.1, -0.05) is 6.92 Å². The van der Waals surface area contributed by atoms with Gasteiger partial charge in [-0.25, -0.2) is 4.98 Å². The van der Waals surface area contributed by atoms with Crippen LogP contribution in [-0.2, 0) is 18.2 Å². The van der Waals surface area contributed by atoms with E-state index in [0.717, 1.165) is 31.8 Å². The maximum atomic E-state index is 5.70. The number of hydrogen-bond donors (Lipinski definition) is 1. The number of ether oxygens (including phenoxy) is 1. The Morgan fingerprint density at radius 2 is 2.53 bits per heavy atom. The average Bonchev–Trinajstić information content (AvgIpc) is 2.92. The van der Waals surface area contributed by atoms with Crippen molar-refractivity contribution in [2.45, 2.75) is 44.8 Å². The van der Waals surface area contributed by atoms with Gasteiger partial charge in [0.05, 0.1) is 6.10 Å². The minimum absolute atomic E-state index is 0.423. The summed E-state index contributed by atoms with van der Waals surface area (Å²) in [6, 6.07) is 0.436. The molecule has 5 nitrogen and oxygen atoms in total. The first kappa shape index (κ1) is 12.5. The molecule has 1 fully saturated rings. The van der Waals surface area contributed by atoms with Crippen molar-refractivity contribution in [3.8, 4) is 0 Å². The number of likely N-dealkylation sites (N-methyl/N-ethyl adjacent to an activating group) is 1. The fourth-order valence-corrected chi connectivity index (χ4v) is 2.40. The van der Waals surface area contributed by atoms with E-state index >= 15 is 0 Å². The lowest BCUT2D eigenvalue weighted by Crippen LogP contribution is -2.35. The Labute approximate surface area is 103 Å². The molecular formula is C12H22N4O. The van der Waals surface area contributed by atoms with E-state index in [4.69, 9.17) is 4.74 Å². The Morgan fingerprint density at radius 3 is 3.12 bits per heavy atom. The van der Waals surface area contributed by atoms with E-state index in [-0.39, 0.29) is 0 Å². The van der Waals surface area contributed by atoms with Crippen molar-refractivity contribution in [1.82, 2.24) is 20.1 Å². The molecular weight excluding hydrogens is 216 g/mol. The molecule has 1 aliphatic heterocycles. The topological polar surface area (TPSA) is 52.0 Å². The molecule has 17 heavy (non-hydrogen) atoms. The van der Waals surface area contributed by atoms with E-state index in [9.17, 15) is 0 Å². The van der Waals surface area contributed by atoms with Gasteiger partial charge in [0.15, 0.2) is 0 Å². The molecule has 0 aliphatic carbocycles. The largest absolute Gasteiger partial charge is 0.378 e. The number of nitrogens with zero attached hydrogens (tertiary/aromatic N) is 3. The fraction of sp³-hybridized carbons (Fsp3) is 0.833. The summed E-state index contributed by atoms with van der Waals surface area (Å²) < 4.78 is 7.54. The van der Waals surface area contributed by atoms with E-state index < -0.39 is 0 Å². The van der Waals surface area contributed by atoms with E-state index in [1.54, 1.807) is 6.33 Å². The summed E-state index contributed by atoms with van der Waals surface area (Å²) in [7, 11) is 1.94. The third kappa shape index (κ3) is 3.51. The third-order valence-electron chi connectivity index (χ3n) is 3.30. The minimum atomic E-state index is 0.423. The van der Waals surface area contributed by atoms with Crippen LogP contribution in [0.4, 0.5) is 0 Å². The van der Waals surface area contributed by atoms with Crippen molar-refractivity contribution >= 4 is 0 Å². The van der Waals surface area contributed by atoms with E-state index in [0.29, 0.717) is 12.1 Å². The van der Waals surface area contributed by atoms with Gasteiger partial charge in [0.1, 0.15) is 12.2 Å². The molecule has 0 aromatic carbocycles. The molecule has 5 heteroatoms. The van der Waals surface area contributed by atoms with Crippen LogP contribution in [0, 0.1) is 0 Å². The van der Waals surface area contributed by atoms with Crippen LogP contribution in [0.25, 0.3) is 0 Å². The summed E-state index contributed by atoms with van der Waals surface area (Å²) in [4.78, 5) is 4.28. The molecule has 2 rings (SSSR count). The predicted octanol–water partition coefficient (Wildman–Crippen LogP) is 0.905. The van der Waals surface area contributed by atoms with E-state index in [2.05, 4.69) is 22.3 Å². The van der Waals surface area contributed by atoms with Gasteiger partial charge in [-0.2, -0.15) is 5.10 Å². The van der Waals surface area contributed by atoms with Crippen molar-refractivity contribution in [2.24, 2.45) is 7.05 Å². The average molecular weight is 238 g/mol. The lowest BCUT2D eigenvalue weighted by atomic mass is 10.0. The van der Waals surface area contributed by atoms with Crippen molar-refractivity contribution < 1.29 is 4.74 Å². The second-order valence-corrected chi connectivity index (χ2v) is 4.63. The molecule has 2 unspecified atom stereocenters. The summed E-state index contributed by atoms with van der Waals surface area (Å²) in [6.07, 6.45) is 6.43. The molecule has 1 aromatic heterocycles. The zero-order valence-corrected chi connectivity index (χ0v) is 10.7. The highest BCUT2D eigenvalue weighted by atomic mass is 16.5. The van der Waals surface area contributed by atoms with Crippen LogP contribution in [0.5, 0.6) is 0 Å². The minimum Gasteiger partial charge on any atom is -0.378 e. The van der Waals surface area contributed by atoms with Gasteiger partial charge in [-0.3, -0.25) is 4.68 Å². The Morgan fingerprint density at radius 1 is 1.65 bits per heavy atom. The van der Waals surface area contributed by atoms with Crippen LogP contribution >= 0.6 is 0 Å². The quantitative estimate of drug-likeness (QED) is 0.800. The summed E-state index contributed by atoms with van der Waals surface area (Å²) in [6.45, 7) is 4.04. The standard InChI is InChI=1S/C12H22N4O/c1-3-13-10(7-11-5-4-6-17-11)8-12-14-9-15-16(12)2/h9-11,13H,3-8H2,1-2H3. The Kier molecular flexibility index (Phi) is 4.50.